The number of benzene rings is 1. The lowest BCUT2D eigenvalue weighted by molar-refractivity contribution is -0.135. The van der Waals surface area contributed by atoms with Crippen LogP contribution in [0.4, 0.5) is 0 Å². The molecule has 2 aromatic rings. The van der Waals surface area contributed by atoms with E-state index in [-0.39, 0.29) is 12.1 Å². The van der Waals surface area contributed by atoms with Crippen molar-refractivity contribution >= 4 is 5.97 Å². The first-order valence-corrected chi connectivity index (χ1v) is 12.1. The number of epoxide rings is 1. The maximum atomic E-state index is 12.2. The number of rotatable bonds is 15. The van der Waals surface area contributed by atoms with Gasteiger partial charge in [-0.05, 0) is 30.5 Å². The van der Waals surface area contributed by atoms with Crippen LogP contribution in [0.15, 0.2) is 36.7 Å². The van der Waals surface area contributed by atoms with E-state index in [9.17, 15) is 4.79 Å². The van der Waals surface area contributed by atoms with E-state index in [0.29, 0.717) is 18.4 Å². The molecule has 1 aromatic carbocycles. The lowest BCUT2D eigenvalue weighted by atomic mass is 10.1. The summed E-state index contributed by atoms with van der Waals surface area (Å²) in [6, 6.07) is 7.76. The zero-order valence-electron chi connectivity index (χ0n) is 19.4. The third kappa shape index (κ3) is 7.90. The molecule has 0 aliphatic carbocycles. The van der Waals surface area contributed by atoms with Gasteiger partial charge in [-0.25, -0.2) is 14.8 Å². The van der Waals surface area contributed by atoms with Gasteiger partial charge in [0.2, 0.25) is 0 Å². The molecule has 174 valence electrons. The summed E-state index contributed by atoms with van der Waals surface area (Å²) in [7, 11) is 0. The van der Waals surface area contributed by atoms with Crippen LogP contribution >= 0.6 is 0 Å². The van der Waals surface area contributed by atoms with Crippen molar-refractivity contribution in [1.82, 2.24) is 9.97 Å². The fourth-order valence-electron chi connectivity index (χ4n) is 3.64. The summed E-state index contributed by atoms with van der Waals surface area (Å²) in [4.78, 5) is 20.8. The molecule has 3 rings (SSSR count). The third-order valence-electron chi connectivity index (χ3n) is 5.67. The van der Waals surface area contributed by atoms with E-state index in [4.69, 9.17) is 14.2 Å². The molecule has 0 saturated carbocycles. The molecule has 32 heavy (non-hydrogen) atoms. The minimum absolute atomic E-state index is 0.0206. The van der Waals surface area contributed by atoms with Crippen LogP contribution in [-0.4, -0.2) is 34.8 Å². The molecule has 6 heteroatoms. The van der Waals surface area contributed by atoms with Crippen LogP contribution in [0, 0.1) is 0 Å². The van der Waals surface area contributed by atoms with E-state index in [1.807, 2.05) is 12.1 Å². The van der Waals surface area contributed by atoms with Crippen molar-refractivity contribution in [3.8, 4) is 22.9 Å². The number of carbonyl (C=O) groups is 1. The third-order valence-corrected chi connectivity index (χ3v) is 5.67. The first kappa shape index (κ1) is 24.2. The molecular weight excluding hydrogens is 404 g/mol. The quantitative estimate of drug-likeness (QED) is 0.143. The minimum atomic E-state index is -0.413. The summed E-state index contributed by atoms with van der Waals surface area (Å²) in [5, 5.41) is 0. The standard InChI is InChI=1S/C26H36N2O4/c1-3-5-7-8-9-11-17-30-26-27-18-21(19-28-26)20-13-15-22(16-14-20)31-25(29)24-23(32-24)12-10-6-4-2/h13-16,18-19,23-24H,3-12,17H2,1-2H3/t23-,24+/m0/s1. The highest BCUT2D eigenvalue weighted by atomic mass is 16.6. The molecule has 2 heterocycles. The van der Waals surface area contributed by atoms with Crippen LogP contribution in [0.25, 0.3) is 11.1 Å². The summed E-state index contributed by atoms with van der Waals surface area (Å²) >= 11 is 0. The molecule has 1 fully saturated rings. The van der Waals surface area contributed by atoms with Crippen molar-refractivity contribution in [3.63, 3.8) is 0 Å². The van der Waals surface area contributed by atoms with Crippen LogP contribution in [0.2, 0.25) is 0 Å². The fraction of sp³-hybridized carbons (Fsp3) is 0.577. The molecule has 6 nitrogen and oxygen atoms in total. The first-order chi connectivity index (χ1) is 15.7. The van der Waals surface area contributed by atoms with Crippen LogP contribution in [0.3, 0.4) is 0 Å². The van der Waals surface area contributed by atoms with Crippen LogP contribution < -0.4 is 9.47 Å². The van der Waals surface area contributed by atoms with Gasteiger partial charge in [0.1, 0.15) is 5.75 Å². The Hall–Kier alpha value is -2.47. The molecule has 0 bridgehead atoms. The van der Waals surface area contributed by atoms with E-state index >= 15 is 0 Å². The van der Waals surface area contributed by atoms with Crippen molar-refractivity contribution in [2.45, 2.75) is 90.3 Å². The van der Waals surface area contributed by atoms with Gasteiger partial charge in [0.05, 0.1) is 12.7 Å². The Morgan fingerprint density at radius 2 is 1.53 bits per heavy atom. The SMILES string of the molecule is CCCCCCCCOc1ncc(-c2ccc(OC(=O)[C@@H]3O[C@H]3CCCCC)cc2)cn1. The number of esters is 1. The predicted molar refractivity (Wildman–Crippen MR) is 125 cm³/mol. The predicted octanol–water partition coefficient (Wildman–Crippen LogP) is 6.14. The maximum absolute atomic E-state index is 12.2. The van der Waals surface area contributed by atoms with E-state index in [1.165, 1.54) is 38.5 Å². The van der Waals surface area contributed by atoms with Gasteiger partial charge in [-0.3, -0.25) is 0 Å². The minimum Gasteiger partial charge on any atom is -0.463 e. The van der Waals surface area contributed by atoms with Gasteiger partial charge >= 0.3 is 12.0 Å². The number of hydrogen-bond acceptors (Lipinski definition) is 6. The second-order valence-corrected chi connectivity index (χ2v) is 8.41. The van der Waals surface area contributed by atoms with Crippen molar-refractivity contribution in [2.24, 2.45) is 0 Å². The van der Waals surface area contributed by atoms with Crippen molar-refractivity contribution in [2.75, 3.05) is 6.61 Å². The number of carbonyl (C=O) groups excluding carboxylic acids is 1. The Morgan fingerprint density at radius 3 is 2.25 bits per heavy atom. The zero-order valence-corrected chi connectivity index (χ0v) is 19.4. The summed E-state index contributed by atoms with van der Waals surface area (Å²) in [6.45, 7) is 5.03. The molecule has 1 saturated heterocycles. The van der Waals surface area contributed by atoms with Gasteiger partial charge in [0, 0.05) is 18.0 Å². The summed E-state index contributed by atoms with van der Waals surface area (Å²) < 4.78 is 16.6. The highest BCUT2D eigenvalue weighted by Crippen LogP contribution is 2.30. The molecule has 1 aromatic heterocycles. The number of nitrogens with zero attached hydrogens (tertiary/aromatic N) is 2. The molecule has 0 amide bonds. The van der Waals surface area contributed by atoms with Gasteiger partial charge < -0.3 is 14.2 Å². The normalized spacial score (nSPS) is 17.2. The Labute approximate surface area is 191 Å². The monoisotopic (exact) mass is 440 g/mol. The molecule has 0 N–H and O–H groups in total. The maximum Gasteiger partial charge on any atom is 0.343 e. The molecular formula is C26H36N2O4. The second-order valence-electron chi connectivity index (χ2n) is 8.41. The average molecular weight is 441 g/mol. The van der Waals surface area contributed by atoms with E-state index in [0.717, 1.165) is 36.8 Å². The first-order valence-electron chi connectivity index (χ1n) is 12.1. The summed E-state index contributed by atoms with van der Waals surface area (Å²) in [5.74, 6) is 0.204. The smallest absolute Gasteiger partial charge is 0.343 e. The van der Waals surface area contributed by atoms with E-state index < -0.39 is 6.10 Å². The van der Waals surface area contributed by atoms with Gasteiger partial charge in [-0.2, -0.15) is 0 Å². The number of unbranched alkanes of at least 4 members (excludes halogenated alkanes) is 7. The molecule has 0 radical (unpaired) electrons. The number of hydrogen-bond donors (Lipinski definition) is 0. The second kappa shape index (κ2) is 13.2. The Kier molecular flexibility index (Phi) is 9.95. The lowest BCUT2D eigenvalue weighted by Crippen LogP contribution is -2.17. The van der Waals surface area contributed by atoms with Crippen LogP contribution in [0.5, 0.6) is 11.8 Å². The van der Waals surface area contributed by atoms with E-state index in [2.05, 4.69) is 23.8 Å². The Bertz CT molecular complexity index is 808. The molecule has 0 unspecified atom stereocenters. The number of ether oxygens (including phenoxy) is 3. The molecule has 0 spiro atoms. The van der Waals surface area contributed by atoms with E-state index in [1.54, 1.807) is 24.5 Å². The Morgan fingerprint density at radius 1 is 0.875 bits per heavy atom. The lowest BCUT2D eigenvalue weighted by Gasteiger charge is -2.07. The van der Waals surface area contributed by atoms with Crippen LogP contribution in [-0.2, 0) is 9.53 Å². The number of aromatic nitrogens is 2. The fourth-order valence-corrected chi connectivity index (χ4v) is 3.64. The van der Waals surface area contributed by atoms with Crippen molar-refractivity contribution in [3.05, 3.63) is 36.7 Å². The topological polar surface area (TPSA) is 73.8 Å². The van der Waals surface area contributed by atoms with Crippen molar-refractivity contribution < 1.29 is 19.0 Å². The van der Waals surface area contributed by atoms with Crippen LogP contribution in [0.1, 0.15) is 78.1 Å². The average Bonchev–Trinajstić information content (AvgIpc) is 3.59. The zero-order chi connectivity index (χ0) is 22.6. The molecule has 2 atom stereocenters. The highest BCUT2D eigenvalue weighted by Gasteiger charge is 2.45. The van der Waals surface area contributed by atoms with Gasteiger partial charge in [-0.15, -0.1) is 0 Å². The van der Waals surface area contributed by atoms with Gasteiger partial charge in [0.25, 0.3) is 0 Å². The largest absolute Gasteiger partial charge is 0.463 e. The molecule has 1 aliphatic heterocycles. The Balaban J connectivity index is 1.39. The summed E-state index contributed by atoms with van der Waals surface area (Å²) in [5.41, 5.74) is 1.84. The van der Waals surface area contributed by atoms with Gasteiger partial charge in [0.15, 0.2) is 6.10 Å². The van der Waals surface area contributed by atoms with Crippen molar-refractivity contribution in [1.29, 1.82) is 0 Å². The highest BCUT2D eigenvalue weighted by molar-refractivity contribution is 5.80. The van der Waals surface area contributed by atoms with Gasteiger partial charge in [-0.1, -0.05) is 77.3 Å². The molecule has 1 aliphatic rings. The summed E-state index contributed by atoms with van der Waals surface area (Å²) in [6.07, 6.45) is 14.8.